The van der Waals surface area contributed by atoms with Crippen LogP contribution >= 0.6 is 11.8 Å². The second-order valence-corrected chi connectivity index (χ2v) is 12.8. The first-order valence-corrected chi connectivity index (χ1v) is 16.4. The largest absolute Gasteiger partial charge is 0.487 e. The number of carbonyl (C=O) groups is 3. The van der Waals surface area contributed by atoms with Crippen molar-refractivity contribution in [2.24, 2.45) is 0 Å². The van der Waals surface area contributed by atoms with Crippen LogP contribution in [-0.4, -0.2) is 109 Å². The summed E-state index contributed by atoms with van der Waals surface area (Å²) in [5.74, 6) is -1.65. The Balaban J connectivity index is 1.60. The standard InChI is InChI=1S/C28H36N6O7S2/c1-19(16-34-23-7-5-4-6-22(23)30-28(34)42-3)41-24-14-20(29-26(36)17-33-12-10-32(2)11-13-33)8-9-25(24)43(39,40)31-21(18-35)15-27(37)38/h4-9,14,18-19,21,31H,10-13,15-17H2,1-3H3,(H,29,36)(H,37,38)/t19-,21?/m1/s1. The number of carboxylic acid groups (broad SMARTS) is 1. The molecular weight excluding hydrogens is 596 g/mol. The Kier molecular flexibility index (Phi) is 10.8. The first-order chi connectivity index (χ1) is 20.5. The van der Waals surface area contributed by atoms with Gasteiger partial charge >= 0.3 is 5.97 Å². The summed E-state index contributed by atoms with van der Waals surface area (Å²) in [5.41, 5.74) is 2.04. The SMILES string of the molecule is CSc1nc2ccccc2n1C[C@@H](C)Oc1cc(NC(=O)CN2CCN(C)CC2)ccc1S(=O)(=O)NC(C=O)CC(=O)O. The zero-order valence-corrected chi connectivity index (χ0v) is 25.9. The summed E-state index contributed by atoms with van der Waals surface area (Å²) in [6.45, 7) is 5.53. The number of amides is 1. The zero-order chi connectivity index (χ0) is 31.1. The fraction of sp³-hybridized carbons (Fsp3) is 0.429. The number of nitrogens with one attached hydrogen (secondary N) is 2. The molecule has 0 spiro atoms. The number of piperazine rings is 1. The first-order valence-electron chi connectivity index (χ1n) is 13.7. The highest BCUT2D eigenvalue weighted by Gasteiger charge is 2.27. The van der Waals surface area contributed by atoms with E-state index in [1.807, 2.05) is 47.0 Å². The lowest BCUT2D eigenvalue weighted by Crippen LogP contribution is -2.47. The molecule has 1 saturated heterocycles. The second kappa shape index (κ2) is 14.3. The summed E-state index contributed by atoms with van der Waals surface area (Å²) in [5, 5.41) is 12.7. The third-order valence-electron chi connectivity index (χ3n) is 6.92. The number of anilines is 1. The minimum Gasteiger partial charge on any atom is -0.487 e. The number of thioether (sulfide) groups is 1. The Morgan fingerprint density at radius 2 is 1.88 bits per heavy atom. The molecule has 2 aromatic carbocycles. The van der Waals surface area contributed by atoms with Crippen LogP contribution in [0.25, 0.3) is 11.0 Å². The van der Waals surface area contributed by atoms with Gasteiger partial charge in [0.1, 0.15) is 23.0 Å². The molecule has 0 saturated carbocycles. The van der Waals surface area contributed by atoms with Crippen LogP contribution in [0.4, 0.5) is 5.69 Å². The van der Waals surface area contributed by atoms with Crippen LogP contribution in [0.1, 0.15) is 13.3 Å². The summed E-state index contributed by atoms with van der Waals surface area (Å²) >= 11 is 1.47. The number of sulfonamides is 1. The van der Waals surface area contributed by atoms with E-state index in [-0.39, 0.29) is 29.4 Å². The Morgan fingerprint density at radius 3 is 2.56 bits per heavy atom. The van der Waals surface area contributed by atoms with Gasteiger partial charge in [0.25, 0.3) is 0 Å². The van der Waals surface area contributed by atoms with Crippen molar-refractivity contribution >= 4 is 56.7 Å². The van der Waals surface area contributed by atoms with Crippen LogP contribution in [0.2, 0.25) is 0 Å². The van der Waals surface area contributed by atoms with E-state index in [9.17, 15) is 22.8 Å². The van der Waals surface area contributed by atoms with Crippen LogP contribution in [0.5, 0.6) is 5.75 Å². The van der Waals surface area contributed by atoms with Crippen molar-refractivity contribution in [3.8, 4) is 5.75 Å². The van der Waals surface area contributed by atoms with Crippen LogP contribution in [0, 0.1) is 0 Å². The summed E-state index contributed by atoms with van der Waals surface area (Å²) in [6.07, 6.45) is 0.861. The van der Waals surface area contributed by atoms with Crippen LogP contribution < -0.4 is 14.8 Å². The maximum Gasteiger partial charge on any atom is 0.305 e. The zero-order valence-electron chi connectivity index (χ0n) is 24.2. The van der Waals surface area contributed by atoms with E-state index < -0.39 is 34.6 Å². The van der Waals surface area contributed by atoms with Crippen molar-refractivity contribution in [1.29, 1.82) is 0 Å². The van der Waals surface area contributed by atoms with Gasteiger partial charge in [-0.15, -0.1) is 0 Å². The number of para-hydroxylation sites is 2. The van der Waals surface area contributed by atoms with Crippen molar-refractivity contribution in [2.45, 2.75) is 42.1 Å². The van der Waals surface area contributed by atoms with Crippen LogP contribution in [0.15, 0.2) is 52.5 Å². The van der Waals surface area contributed by atoms with E-state index in [1.165, 1.54) is 30.0 Å². The van der Waals surface area contributed by atoms with Gasteiger partial charge < -0.3 is 29.4 Å². The van der Waals surface area contributed by atoms with E-state index in [1.54, 1.807) is 6.92 Å². The average molecular weight is 633 g/mol. The molecule has 3 aromatic rings. The van der Waals surface area contributed by atoms with Gasteiger partial charge in [-0.05, 0) is 44.5 Å². The molecule has 232 valence electrons. The minimum absolute atomic E-state index is 0.0625. The molecule has 0 radical (unpaired) electrons. The van der Waals surface area contributed by atoms with Crippen molar-refractivity contribution in [2.75, 3.05) is 51.3 Å². The number of nitrogens with zero attached hydrogens (tertiary/aromatic N) is 4. The fourth-order valence-electron chi connectivity index (χ4n) is 4.77. The highest BCUT2D eigenvalue weighted by molar-refractivity contribution is 7.98. The maximum absolute atomic E-state index is 13.3. The van der Waals surface area contributed by atoms with Crippen molar-refractivity contribution in [1.82, 2.24) is 24.1 Å². The number of aliphatic carboxylic acids is 1. The molecule has 2 atom stereocenters. The summed E-state index contributed by atoms with van der Waals surface area (Å²) < 4.78 is 37.0. The van der Waals surface area contributed by atoms with Gasteiger partial charge in [-0.2, -0.15) is 0 Å². The van der Waals surface area contributed by atoms with Crippen LogP contribution in [-0.2, 0) is 31.0 Å². The third-order valence-corrected chi connectivity index (χ3v) is 9.12. The third kappa shape index (κ3) is 8.54. The predicted octanol–water partition coefficient (Wildman–Crippen LogP) is 1.73. The van der Waals surface area contributed by atoms with E-state index in [2.05, 4.69) is 19.9 Å². The molecule has 1 unspecified atom stereocenters. The highest BCUT2D eigenvalue weighted by atomic mass is 32.2. The number of imidazole rings is 1. The highest BCUT2D eigenvalue weighted by Crippen LogP contribution is 2.30. The summed E-state index contributed by atoms with van der Waals surface area (Å²) in [7, 11) is -2.37. The molecule has 1 aromatic heterocycles. The number of benzene rings is 2. The number of fused-ring (bicyclic) bond motifs is 1. The topological polar surface area (TPSA) is 163 Å². The number of hydrogen-bond acceptors (Lipinski definition) is 10. The van der Waals surface area contributed by atoms with Gasteiger partial charge in [0, 0.05) is 37.9 Å². The number of hydrogen-bond donors (Lipinski definition) is 3. The second-order valence-electron chi connectivity index (χ2n) is 10.4. The average Bonchev–Trinajstić information content (AvgIpc) is 3.30. The Hall–Kier alpha value is -3.50. The molecule has 1 fully saturated rings. The molecular formula is C28H36N6O7S2. The van der Waals surface area contributed by atoms with E-state index in [0.717, 1.165) is 42.4 Å². The lowest BCUT2D eigenvalue weighted by Gasteiger charge is -2.31. The van der Waals surface area contributed by atoms with Gasteiger partial charge in [0.05, 0.1) is 36.6 Å². The van der Waals surface area contributed by atoms with E-state index >= 15 is 0 Å². The number of ether oxygens (including phenoxy) is 1. The van der Waals surface area contributed by atoms with Gasteiger partial charge in [-0.25, -0.2) is 18.1 Å². The molecule has 3 N–H and O–H groups in total. The smallest absolute Gasteiger partial charge is 0.305 e. The monoisotopic (exact) mass is 632 g/mol. The number of aldehydes is 1. The molecule has 2 heterocycles. The fourth-order valence-corrected chi connectivity index (χ4v) is 6.64. The molecule has 13 nitrogen and oxygen atoms in total. The summed E-state index contributed by atoms with van der Waals surface area (Å²) in [6, 6.07) is 10.3. The van der Waals surface area contributed by atoms with Crippen molar-refractivity contribution < 1.29 is 32.6 Å². The molecule has 1 aliphatic rings. The number of carboxylic acids is 1. The normalized spacial score (nSPS) is 16.1. The van der Waals surface area contributed by atoms with Gasteiger partial charge in [0.2, 0.25) is 15.9 Å². The molecule has 4 rings (SSSR count). The van der Waals surface area contributed by atoms with Gasteiger partial charge in [-0.3, -0.25) is 14.5 Å². The van der Waals surface area contributed by atoms with Gasteiger partial charge in [-0.1, -0.05) is 23.9 Å². The number of likely N-dealkylation sites (N-methyl/N-ethyl adjacent to an activating group) is 1. The molecule has 43 heavy (non-hydrogen) atoms. The number of carbonyl (C=O) groups excluding carboxylic acids is 2. The van der Waals surface area contributed by atoms with E-state index in [0.29, 0.717) is 12.2 Å². The molecule has 1 aliphatic heterocycles. The Morgan fingerprint density at radius 1 is 1.16 bits per heavy atom. The predicted molar refractivity (Wildman–Crippen MR) is 163 cm³/mol. The lowest BCUT2D eigenvalue weighted by atomic mass is 10.2. The Bertz CT molecular complexity index is 1570. The lowest BCUT2D eigenvalue weighted by molar-refractivity contribution is -0.138. The van der Waals surface area contributed by atoms with Crippen molar-refractivity contribution in [3.63, 3.8) is 0 Å². The van der Waals surface area contributed by atoms with E-state index in [4.69, 9.17) is 9.84 Å². The Labute approximate surface area is 254 Å². The molecule has 0 aliphatic carbocycles. The van der Waals surface area contributed by atoms with Crippen LogP contribution in [0.3, 0.4) is 0 Å². The first kappa shape index (κ1) is 32.4. The molecule has 15 heteroatoms. The quantitative estimate of drug-likeness (QED) is 0.175. The summed E-state index contributed by atoms with van der Waals surface area (Å²) in [4.78, 5) is 44.0. The number of rotatable bonds is 14. The van der Waals surface area contributed by atoms with Gasteiger partial charge in [0.15, 0.2) is 5.16 Å². The minimum atomic E-state index is -4.39. The number of aromatic nitrogens is 2. The van der Waals surface area contributed by atoms with Crippen molar-refractivity contribution in [3.05, 3.63) is 42.5 Å². The maximum atomic E-state index is 13.3. The molecule has 1 amide bonds. The molecule has 0 bridgehead atoms.